The summed E-state index contributed by atoms with van der Waals surface area (Å²) in [6.07, 6.45) is 9.15. The van der Waals surface area contributed by atoms with Crippen molar-refractivity contribution < 1.29 is 19.1 Å². The zero-order valence-electron chi connectivity index (χ0n) is 22.8. The van der Waals surface area contributed by atoms with Crippen molar-refractivity contribution in [2.45, 2.75) is 70.7 Å². The molecule has 206 valence electrons. The minimum absolute atomic E-state index is 0.0139. The Morgan fingerprint density at radius 1 is 0.949 bits per heavy atom. The number of rotatable bonds is 7. The molecule has 39 heavy (non-hydrogen) atoms. The Morgan fingerprint density at radius 2 is 1.67 bits per heavy atom. The number of carbonyl (C=O) groups excluding carboxylic acids is 2. The van der Waals surface area contributed by atoms with Gasteiger partial charge in [-0.05, 0) is 70.7 Å². The molecule has 4 rings (SSSR count). The number of urea groups is 1. The minimum Gasteiger partial charge on any atom is -0.467 e. The number of pyridine rings is 2. The summed E-state index contributed by atoms with van der Waals surface area (Å²) < 4.78 is 10.4. The number of ether oxygens (including phenoxy) is 2. The normalized spacial score (nSPS) is 17.1. The van der Waals surface area contributed by atoms with Crippen LogP contribution in [0.15, 0.2) is 55.1 Å². The molecule has 0 unspecified atom stereocenters. The number of carbonyl (C=O) groups is 2. The van der Waals surface area contributed by atoms with Gasteiger partial charge in [0.25, 0.3) is 0 Å². The maximum Gasteiger partial charge on any atom is 0.407 e. The molecule has 3 aromatic rings. The molecule has 3 heterocycles. The number of aromatic nitrogens is 4. The van der Waals surface area contributed by atoms with Crippen molar-refractivity contribution in [3.8, 4) is 17.1 Å². The average Bonchev–Trinajstić information content (AvgIpc) is 2.93. The first-order valence-corrected chi connectivity index (χ1v) is 13.0. The minimum atomic E-state index is -0.556. The van der Waals surface area contributed by atoms with E-state index in [2.05, 4.69) is 30.6 Å². The zero-order chi connectivity index (χ0) is 27.8. The molecule has 1 fully saturated rings. The van der Waals surface area contributed by atoms with Crippen molar-refractivity contribution in [1.29, 1.82) is 0 Å². The number of nitrogens with zero attached hydrogens (tertiary/aromatic N) is 5. The van der Waals surface area contributed by atoms with Crippen LogP contribution in [0, 0.1) is 0 Å². The van der Waals surface area contributed by atoms with Gasteiger partial charge < -0.3 is 20.1 Å². The highest BCUT2D eigenvalue weighted by Gasteiger charge is 2.32. The molecular weight excluding hydrogens is 498 g/mol. The zero-order valence-corrected chi connectivity index (χ0v) is 22.8. The van der Waals surface area contributed by atoms with Gasteiger partial charge in [0, 0.05) is 48.0 Å². The molecule has 1 saturated carbocycles. The fourth-order valence-corrected chi connectivity index (χ4v) is 4.43. The highest BCUT2D eigenvalue weighted by molar-refractivity contribution is 5.91. The maximum atomic E-state index is 13.5. The highest BCUT2D eigenvalue weighted by Crippen LogP contribution is 2.28. The first kappa shape index (κ1) is 27.7. The second-order valence-electron chi connectivity index (χ2n) is 10.4. The van der Waals surface area contributed by atoms with Crippen LogP contribution in [-0.4, -0.2) is 56.9 Å². The molecule has 0 radical (unpaired) electrons. The van der Waals surface area contributed by atoms with Crippen molar-refractivity contribution in [1.82, 2.24) is 30.6 Å². The summed E-state index contributed by atoms with van der Waals surface area (Å²) in [5, 5.41) is 5.94. The Bertz CT molecular complexity index is 1220. The summed E-state index contributed by atoms with van der Waals surface area (Å²) in [4.78, 5) is 44.7. The number of amides is 3. The molecule has 11 nitrogen and oxygen atoms in total. The summed E-state index contributed by atoms with van der Waals surface area (Å²) >= 11 is 0. The van der Waals surface area contributed by atoms with Gasteiger partial charge in [-0.25, -0.2) is 24.5 Å². The van der Waals surface area contributed by atoms with Gasteiger partial charge in [0.1, 0.15) is 11.4 Å². The lowest BCUT2D eigenvalue weighted by atomic mass is 9.90. The Hall–Kier alpha value is -4.28. The van der Waals surface area contributed by atoms with E-state index < -0.39 is 11.7 Å². The maximum absolute atomic E-state index is 13.5. The highest BCUT2D eigenvalue weighted by atomic mass is 16.6. The van der Waals surface area contributed by atoms with Crippen LogP contribution in [0.2, 0.25) is 0 Å². The smallest absolute Gasteiger partial charge is 0.407 e. The van der Waals surface area contributed by atoms with Crippen LogP contribution in [0.3, 0.4) is 0 Å². The number of methoxy groups -OCH3 is 1. The van der Waals surface area contributed by atoms with Crippen LogP contribution in [0.5, 0.6) is 6.01 Å². The molecule has 0 atom stereocenters. The molecule has 3 amide bonds. The van der Waals surface area contributed by atoms with Crippen molar-refractivity contribution in [2.75, 3.05) is 12.0 Å². The van der Waals surface area contributed by atoms with E-state index in [0.29, 0.717) is 25.2 Å². The number of anilines is 1. The molecule has 2 N–H and O–H groups in total. The molecule has 1 aliphatic rings. The van der Waals surface area contributed by atoms with Crippen molar-refractivity contribution in [3.63, 3.8) is 0 Å². The van der Waals surface area contributed by atoms with E-state index in [9.17, 15) is 9.59 Å². The lowest BCUT2D eigenvalue weighted by Crippen LogP contribution is -2.50. The second-order valence-corrected chi connectivity index (χ2v) is 10.4. The molecule has 0 bridgehead atoms. The van der Waals surface area contributed by atoms with Gasteiger partial charge in [-0.15, -0.1) is 0 Å². The van der Waals surface area contributed by atoms with Crippen molar-refractivity contribution in [2.24, 2.45) is 0 Å². The van der Waals surface area contributed by atoms with E-state index >= 15 is 0 Å². The van der Waals surface area contributed by atoms with Gasteiger partial charge >= 0.3 is 18.1 Å². The third kappa shape index (κ3) is 7.86. The third-order valence-corrected chi connectivity index (χ3v) is 6.29. The van der Waals surface area contributed by atoms with Crippen molar-refractivity contribution >= 4 is 17.9 Å². The van der Waals surface area contributed by atoms with Crippen LogP contribution >= 0.6 is 0 Å². The van der Waals surface area contributed by atoms with Gasteiger partial charge in [-0.3, -0.25) is 9.88 Å². The predicted molar refractivity (Wildman–Crippen MR) is 146 cm³/mol. The van der Waals surface area contributed by atoms with E-state index in [0.717, 1.165) is 29.7 Å². The monoisotopic (exact) mass is 533 g/mol. The van der Waals surface area contributed by atoms with Gasteiger partial charge in [-0.1, -0.05) is 6.07 Å². The molecular formula is C28H35N7O4. The van der Waals surface area contributed by atoms with Gasteiger partial charge in [0.2, 0.25) is 0 Å². The fourth-order valence-electron chi connectivity index (χ4n) is 4.43. The molecule has 3 aromatic heterocycles. The Labute approximate surface area is 228 Å². The SMILES string of the molecule is COc1ncc(-c2ccc(N(C(=O)NCc3ccccn3)[C@H]3CC[C@H](NC(=O)OC(C)(C)C)CC3)nc2)cn1. The number of nitrogens with one attached hydrogen (secondary N) is 2. The molecule has 0 aliphatic heterocycles. The summed E-state index contributed by atoms with van der Waals surface area (Å²) in [5.74, 6) is 0.537. The van der Waals surface area contributed by atoms with Crippen LogP contribution < -0.4 is 20.3 Å². The van der Waals surface area contributed by atoms with Crippen LogP contribution in [0.25, 0.3) is 11.1 Å². The van der Waals surface area contributed by atoms with Crippen molar-refractivity contribution in [3.05, 3.63) is 60.8 Å². The summed E-state index contributed by atoms with van der Waals surface area (Å²) in [6.45, 7) is 5.81. The average molecular weight is 534 g/mol. The third-order valence-electron chi connectivity index (χ3n) is 6.29. The van der Waals surface area contributed by atoms with Crippen LogP contribution in [-0.2, 0) is 11.3 Å². The van der Waals surface area contributed by atoms with Crippen LogP contribution in [0.4, 0.5) is 15.4 Å². The Balaban J connectivity index is 1.47. The van der Waals surface area contributed by atoms with E-state index in [1.807, 2.05) is 51.1 Å². The summed E-state index contributed by atoms with van der Waals surface area (Å²) in [7, 11) is 1.51. The molecule has 0 saturated heterocycles. The fraction of sp³-hybridized carbons (Fsp3) is 0.429. The van der Waals surface area contributed by atoms with Gasteiger partial charge in [0.05, 0.1) is 19.3 Å². The number of alkyl carbamates (subject to hydrolysis) is 1. The molecule has 1 aliphatic carbocycles. The number of hydrogen-bond acceptors (Lipinski definition) is 8. The topological polar surface area (TPSA) is 131 Å². The second kappa shape index (κ2) is 12.5. The van der Waals surface area contributed by atoms with Gasteiger partial charge in [0.15, 0.2) is 0 Å². The summed E-state index contributed by atoms with van der Waals surface area (Å²) in [5.41, 5.74) is 1.81. The standard InChI is InChI=1S/C28H35N7O4/c1-28(2,3)39-27(37)34-21-9-11-23(12-10-21)35(26(36)33-18-22-7-5-6-14-29-22)24-13-8-19(15-30-24)20-16-31-25(38-4)32-17-20/h5-8,13-17,21,23H,9-12,18H2,1-4H3,(H,33,36)(H,34,37)/t21-,23-. The Morgan fingerprint density at radius 3 is 2.26 bits per heavy atom. The lowest BCUT2D eigenvalue weighted by molar-refractivity contribution is 0.0491. The van der Waals surface area contributed by atoms with Crippen LogP contribution in [0.1, 0.15) is 52.1 Å². The first-order valence-electron chi connectivity index (χ1n) is 13.0. The van der Waals surface area contributed by atoms with E-state index in [1.165, 1.54) is 7.11 Å². The van der Waals surface area contributed by atoms with E-state index in [-0.39, 0.29) is 24.1 Å². The van der Waals surface area contributed by atoms with E-state index in [4.69, 9.17) is 9.47 Å². The first-order chi connectivity index (χ1) is 18.7. The largest absolute Gasteiger partial charge is 0.467 e. The van der Waals surface area contributed by atoms with Gasteiger partial charge in [-0.2, -0.15) is 0 Å². The quantitative estimate of drug-likeness (QED) is 0.454. The molecule has 0 spiro atoms. The van der Waals surface area contributed by atoms with E-state index in [1.54, 1.807) is 29.7 Å². The number of hydrogen-bond donors (Lipinski definition) is 2. The summed E-state index contributed by atoms with van der Waals surface area (Å²) in [6, 6.07) is 9.23. The molecule has 11 heteroatoms. The molecule has 0 aromatic carbocycles. The predicted octanol–water partition coefficient (Wildman–Crippen LogP) is 4.49. The Kier molecular flexibility index (Phi) is 8.90. The lowest BCUT2D eigenvalue weighted by Gasteiger charge is -2.36.